The molecular weight excluding hydrogens is 386 g/mol. The Bertz CT molecular complexity index is 850. The molecule has 2 nitrogen and oxygen atoms in total. The van der Waals surface area contributed by atoms with Gasteiger partial charge in [-0.25, -0.2) is 0 Å². The number of hydrogen-bond donors (Lipinski definition) is 0. The highest BCUT2D eigenvalue weighted by molar-refractivity contribution is 8.00. The van der Waals surface area contributed by atoms with Crippen LogP contribution < -0.4 is 0 Å². The van der Waals surface area contributed by atoms with Gasteiger partial charge in [0.2, 0.25) is 0 Å². The Morgan fingerprint density at radius 1 is 0.800 bits per heavy atom. The van der Waals surface area contributed by atoms with Gasteiger partial charge in [0.05, 0.1) is 5.54 Å². The van der Waals surface area contributed by atoms with E-state index in [0.29, 0.717) is 16.6 Å². The van der Waals surface area contributed by atoms with Crippen LogP contribution in [0.15, 0.2) is 91.0 Å². The molecule has 30 heavy (non-hydrogen) atoms. The number of thioether (sulfide) groups is 1. The third kappa shape index (κ3) is 3.39. The second kappa shape index (κ2) is 8.58. The van der Waals surface area contributed by atoms with Crippen LogP contribution in [0, 0.1) is 5.92 Å². The first-order valence-corrected chi connectivity index (χ1v) is 11.9. The fourth-order valence-electron chi connectivity index (χ4n) is 5.46. The van der Waals surface area contributed by atoms with Crippen LogP contribution >= 0.6 is 11.8 Å². The van der Waals surface area contributed by atoms with E-state index in [2.05, 4.69) is 95.9 Å². The minimum atomic E-state index is -0.287. The van der Waals surface area contributed by atoms with Crippen LogP contribution in [-0.2, 0) is 10.3 Å². The smallest absolute Gasteiger partial charge is 0.103 e. The van der Waals surface area contributed by atoms with Gasteiger partial charge in [0, 0.05) is 25.4 Å². The van der Waals surface area contributed by atoms with Crippen molar-refractivity contribution in [3.63, 3.8) is 0 Å². The molecule has 3 atom stereocenters. The Balaban J connectivity index is 1.67. The molecule has 2 saturated heterocycles. The minimum absolute atomic E-state index is 0.287. The number of rotatable bonds is 5. The van der Waals surface area contributed by atoms with Crippen molar-refractivity contribution in [1.29, 1.82) is 0 Å². The lowest BCUT2D eigenvalue weighted by Crippen LogP contribution is -2.54. The summed E-state index contributed by atoms with van der Waals surface area (Å²) in [5, 5.41) is 0.714. The average molecular weight is 416 g/mol. The molecule has 2 heterocycles. The van der Waals surface area contributed by atoms with Gasteiger partial charge < -0.3 is 4.74 Å². The lowest BCUT2D eigenvalue weighted by atomic mass is 9.74. The van der Waals surface area contributed by atoms with Crippen LogP contribution in [0.5, 0.6) is 0 Å². The first-order chi connectivity index (χ1) is 14.8. The lowest BCUT2D eigenvalue weighted by Gasteiger charge is -2.49. The van der Waals surface area contributed by atoms with Crippen LogP contribution in [0.2, 0.25) is 0 Å². The zero-order valence-corrected chi connectivity index (χ0v) is 18.3. The quantitative estimate of drug-likeness (QED) is 0.490. The third-order valence-corrected chi connectivity index (χ3v) is 8.46. The number of piperidine rings is 1. The molecule has 0 radical (unpaired) electrons. The van der Waals surface area contributed by atoms with Gasteiger partial charge in [0.1, 0.15) is 5.44 Å². The highest BCUT2D eigenvalue weighted by atomic mass is 32.2. The predicted molar refractivity (Wildman–Crippen MR) is 126 cm³/mol. The molecule has 0 aromatic heterocycles. The van der Waals surface area contributed by atoms with Crippen molar-refractivity contribution in [2.45, 2.75) is 29.1 Å². The normalized spacial score (nSPS) is 24.5. The maximum Gasteiger partial charge on any atom is 0.103 e. The van der Waals surface area contributed by atoms with Gasteiger partial charge >= 0.3 is 0 Å². The number of nitrogens with zero attached hydrogens (tertiary/aromatic N) is 1. The summed E-state index contributed by atoms with van der Waals surface area (Å²) in [4.78, 5) is 2.74. The third-order valence-electron chi connectivity index (χ3n) is 6.80. The van der Waals surface area contributed by atoms with Gasteiger partial charge in [-0.15, -0.1) is 11.8 Å². The Hall–Kier alpha value is -2.07. The molecule has 0 bridgehead atoms. The molecule has 3 heteroatoms. The summed E-state index contributed by atoms with van der Waals surface area (Å²) in [6.07, 6.45) is 2.36. The Labute approximate surface area is 184 Å². The van der Waals surface area contributed by atoms with Crippen LogP contribution in [0.3, 0.4) is 0 Å². The van der Waals surface area contributed by atoms with E-state index in [1.165, 1.54) is 23.1 Å². The number of hydrogen-bond acceptors (Lipinski definition) is 3. The summed E-state index contributed by atoms with van der Waals surface area (Å²) in [6.45, 7) is 2.18. The first kappa shape index (κ1) is 19.9. The number of likely N-dealkylation sites (tertiary alicyclic amines) is 1. The molecule has 5 rings (SSSR count). The van der Waals surface area contributed by atoms with E-state index in [4.69, 9.17) is 4.74 Å². The highest BCUT2D eigenvalue weighted by Crippen LogP contribution is 2.49. The molecule has 2 fully saturated rings. The fourth-order valence-corrected chi connectivity index (χ4v) is 6.98. The van der Waals surface area contributed by atoms with Crippen molar-refractivity contribution in [2.75, 3.05) is 20.2 Å². The second-order valence-electron chi connectivity index (χ2n) is 8.38. The molecule has 0 N–H and O–H groups in total. The van der Waals surface area contributed by atoms with E-state index >= 15 is 0 Å². The van der Waals surface area contributed by atoms with Gasteiger partial charge in [-0.05, 0) is 35.4 Å². The monoisotopic (exact) mass is 415 g/mol. The lowest BCUT2D eigenvalue weighted by molar-refractivity contribution is 0.0835. The molecule has 0 saturated carbocycles. The molecule has 3 unspecified atom stereocenters. The topological polar surface area (TPSA) is 12.5 Å². The van der Waals surface area contributed by atoms with Crippen molar-refractivity contribution < 1.29 is 4.74 Å². The number of methoxy groups -OCH3 is 1. The highest BCUT2D eigenvalue weighted by Gasteiger charge is 2.47. The van der Waals surface area contributed by atoms with Gasteiger partial charge in [-0.1, -0.05) is 91.0 Å². The van der Waals surface area contributed by atoms with Crippen molar-refractivity contribution in [3.05, 3.63) is 108 Å². The Morgan fingerprint density at radius 2 is 1.30 bits per heavy atom. The molecule has 0 aliphatic carbocycles. The second-order valence-corrected chi connectivity index (χ2v) is 9.78. The van der Waals surface area contributed by atoms with Gasteiger partial charge in [0.25, 0.3) is 0 Å². The maximum absolute atomic E-state index is 5.72. The van der Waals surface area contributed by atoms with E-state index in [-0.39, 0.29) is 5.54 Å². The van der Waals surface area contributed by atoms with Gasteiger partial charge in [0.15, 0.2) is 0 Å². The van der Waals surface area contributed by atoms with Crippen molar-refractivity contribution in [3.8, 4) is 0 Å². The molecule has 154 valence electrons. The summed E-state index contributed by atoms with van der Waals surface area (Å²) >= 11 is 2.05. The first-order valence-electron chi connectivity index (χ1n) is 10.9. The van der Waals surface area contributed by atoms with E-state index in [1.54, 1.807) is 0 Å². The summed E-state index contributed by atoms with van der Waals surface area (Å²) in [5.41, 5.74) is 4.09. The Morgan fingerprint density at radius 3 is 1.77 bits per heavy atom. The van der Waals surface area contributed by atoms with Crippen LogP contribution in [0.25, 0.3) is 0 Å². The molecule has 3 aromatic carbocycles. The standard InChI is InChI=1S/C27H29NOS/c1-29-26-19-21-20-28(18-17-25(21)30-26)27(22-11-5-2-6-12-22,23-13-7-3-8-14-23)24-15-9-4-10-16-24/h2-16,21,25-26H,17-20H2,1H3. The van der Waals surface area contributed by atoms with Crippen molar-refractivity contribution >= 4 is 11.8 Å². The van der Waals surface area contributed by atoms with Crippen LogP contribution in [0.1, 0.15) is 29.5 Å². The number of ether oxygens (including phenoxy) is 1. The SMILES string of the molecule is COC1CC2CN(C(c3ccccc3)(c3ccccc3)c3ccccc3)CCC2S1. The largest absolute Gasteiger partial charge is 0.371 e. The molecular formula is C27H29NOS. The molecule has 2 aliphatic heterocycles. The molecule has 0 amide bonds. The minimum Gasteiger partial charge on any atom is -0.371 e. The average Bonchev–Trinajstić information content (AvgIpc) is 3.25. The molecule has 2 aliphatic rings. The van der Waals surface area contributed by atoms with E-state index in [0.717, 1.165) is 19.5 Å². The maximum atomic E-state index is 5.72. The fraction of sp³-hybridized carbons (Fsp3) is 0.333. The summed E-state index contributed by atoms with van der Waals surface area (Å²) in [5.74, 6) is 0.671. The zero-order valence-electron chi connectivity index (χ0n) is 17.5. The van der Waals surface area contributed by atoms with Crippen molar-refractivity contribution in [1.82, 2.24) is 4.90 Å². The molecule has 3 aromatic rings. The number of fused-ring (bicyclic) bond motifs is 1. The Kier molecular flexibility index (Phi) is 5.68. The van der Waals surface area contributed by atoms with E-state index < -0.39 is 0 Å². The predicted octanol–water partition coefficient (Wildman–Crippen LogP) is 5.78. The van der Waals surface area contributed by atoms with Gasteiger partial charge in [-0.3, -0.25) is 4.90 Å². The van der Waals surface area contributed by atoms with E-state index in [1.807, 2.05) is 18.9 Å². The van der Waals surface area contributed by atoms with Crippen LogP contribution in [0.4, 0.5) is 0 Å². The summed E-state index contributed by atoms with van der Waals surface area (Å²) in [7, 11) is 1.86. The number of benzene rings is 3. The zero-order chi connectivity index (χ0) is 20.4. The van der Waals surface area contributed by atoms with E-state index in [9.17, 15) is 0 Å². The van der Waals surface area contributed by atoms with Crippen LogP contribution in [-0.4, -0.2) is 35.8 Å². The van der Waals surface area contributed by atoms with Crippen molar-refractivity contribution in [2.24, 2.45) is 5.92 Å². The summed E-state index contributed by atoms with van der Waals surface area (Å²) in [6, 6.07) is 33.2. The molecule has 0 spiro atoms. The summed E-state index contributed by atoms with van der Waals surface area (Å²) < 4.78 is 5.72. The van der Waals surface area contributed by atoms with Gasteiger partial charge in [-0.2, -0.15) is 0 Å².